The van der Waals surface area contributed by atoms with Gasteiger partial charge in [-0.1, -0.05) is 46.3 Å². The number of amides is 1. The van der Waals surface area contributed by atoms with Crippen LogP contribution in [0.25, 0.3) is 0 Å². The molecule has 0 fully saturated rings. The van der Waals surface area contributed by atoms with Gasteiger partial charge in [-0.15, -0.1) is 0 Å². The number of hydrogen-bond donors (Lipinski definition) is 1. The van der Waals surface area contributed by atoms with E-state index in [4.69, 9.17) is 9.47 Å². The Hall–Kier alpha value is -1.85. The molecule has 0 radical (unpaired) electrons. The molecule has 2 aromatic rings. The van der Waals surface area contributed by atoms with E-state index < -0.39 is 0 Å². The van der Waals surface area contributed by atoms with Gasteiger partial charge in [-0.2, -0.15) is 0 Å². The predicted octanol–water partition coefficient (Wildman–Crippen LogP) is 3.33. The number of halogens is 1. The average molecular weight is 378 g/mol. The van der Waals surface area contributed by atoms with Crippen LogP contribution in [-0.4, -0.2) is 26.2 Å². The third-order valence-electron chi connectivity index (χ3n) is 3.24. The summed E-state index contributed by atoms with van der Waals surface area (Å²) < 4.78 is 11.7. The van der Waals surface area contributed by atoms with E-state index in [1.54, 1.807) is 7.11 Å². The SMILES string of the molecule is COCCNC(=O)Cc1cc(Br)ccc1OCc1ccccc1. The van der Waals surface area contributed by atoms with Crippen LogP contribution in [0.2, 0.25) is 0 Å². The molecule has 0 unspecified atom stereocenters. The molecule has 1 amide bonds. The van der Waals surface area contributed by atoms with E-state index in [0.29, 0.717) is 19.8 Å². The van der Waals surface area contributed by atoms with E-state index in [2.05, 4.69) is 21.2 Å². The van der Waals surface area contributed by atoms with Gasteiger partial charge in [0, 0.05) is 23.7 Å². The van der Waals surface area contributed by atoms with Crippen LogP contribution in [0.4, 0.5) is 0 Å². The first-order chi connectivity index (χ1) is 11.2. The standard InChI is InChI=1S/C18H20BrNO3/c1-22-10-9-20-18(21)12-15-11-16(19)7-8-17(15)23-13-14-5-3-2-4-6-14/h2-8,11H,9-10,12-13H2,1H3,(H,20,21). The molecular weight excluding hydrogens is 358 g/mol. The van der Waals surface area contributed by atoms with Gasteiger partial charge in [0.25, 0.3) is 0 Å². The highest BCUT2D eigenvalue weighted by molar-refractivity contribution is 9.10. The van der Waals surface area contributed by atoms with Crippen molar-refractivity contribution in [1.82, 2.24) is 5.32 Å². The van der Waals surface area contributed by atoms with Crippen molar-refractivity contribution in [1.29, 1.82) is 0 Å². The number of methoxy groups -OCH3 is 1. The molecule has 2 rings (SSSR count). The Morgan fingerprint density at radius 1 is 1.17 bits per heavy atom. The maximum atomic E-state index is 12.0. The molecule has 2 aromatic carbocycles. The first kappa shape index (κ1) is 17.5. The molecule has 0 aromatic heterocycles. The van der Waals surface area contributed by atoms with Crippen molar-refractivity contribution in [3.8, 4) is 5.75 Å². The predicted molar refractivity (Wildman–Crippen MR) is 93.5 cm³/mol. The fourth-order valence-electron chi connectivity index (χ4n) is 2.09. The maximum absolute atomic E-state index is 12.0. The molecule has 4 nitrogen and oxygen atoms in total. The zero-order valence-corrected chi connectivity index (χ0v) is 14.6. The molecule has 0 bridgehead atoms. The van der Waals surface area contributed by atoms with Crippen LogP contribution in [0.1, 0.15) is 11.1 Å². The Kier molecular flexibility index (Phi) is 7.10. The minimum atomic E-state index is -0.0512. The number of carbonyl (C=O) groups is 1. The van der Waals surface area contributed by atoms with Crippen molar-refractivity contribution in [3.05, 3.63) is 64.1 Å². The molecule has 0 aliphatic rings. The van der Waals surface area contributed by atoms with Gasteiger partial charge in [-0.05, 0) is 23.8 Å². The molecule has 0 atom stereocenters. The van der Waals surface area contributed by atoms with Crippen LogP contribution in [0, 0.1) is 0 Å². The number of rotatable bonds is 8. The van der Waals surface area contributed by atoms with E-state index in [1.165, 1.54) is 0 Å². The topological polar surface area (TPSA) is 47.6 Å². The molecule has 1 N–H and O–H groups in total. The van der Waals surface area contributed by atoms with E-state index in [9.17, 15) is 4.79 Å². The van der Waals surface area contributed by atoms with Crippen molar-refractivity contribution in [2.45, 2.75) is 13.0 Å². The molecule has 23 heavy (non-hydrogen) atoms. The Balaban J connectivity index is 2.00. The van der Waals surface area contributed by atoms with Gasteiger partial charge in [0.1, 0.15) is 12.4 Å². The number of ether oxygens (including phenoxy) is 2. The summed E-state index contributed by atoms with van der Waals surface area (Å²) >= 11 is 3.44. The van der Waals surface area contributed by atoms with Crippen LogP contribution in [0.5, 0.6) is 5.75 Å². The van der Waals surface area contributed by atoms with Crippen molar-refractivity contribution >= 4 is 21.8 Å². The summed E-state index contributed by atoms with van der Waals surface area (Å²) in [5.41, 5.74) is 1.94. The fraction of sp³-hybridized carbons (Fsp3) is 0.278. The van der Waals surface area contributed by atoms with Crippen molar-refractivity contribution in [2.24, 2.45) is 0 Å². The normalized spacial score (nSPS) is 10.3. The quantitative estimate of drug-likeness (QED) is 0.717. The zero-order valence-electron chi connectivity index (χ0n) is 13.0. The highest BCUT2D eigenvalue weighted by Crippen LogP contribution is 2.24. The second-order valence-electron chi connectivity index (χ2n) is 5.05. The second-order valence-corrected chi connectivity index (χ2v) is 5.96. The first-order valence-electron chi connectivity index (χ1n) is 7.40. The highest BCUT2D eigenvalue weighted by atomic mass is 79.9. The van der Waals surface area contributed by atoms with Gasteiger partial charge in [-0.3, -0.25) is 4.79 Å². The van der Waals surface area contributed by atoms with Gasteiger partial charge in [-0.25, -0.2) is 0 Å². The van der Waals surface area contributed by atoms with Crippen molar-refractivity contribution < 1.29 is 14.3 Å². The van der Waals surface area contributed by atoms with Gasteiger partial charge < -0.3 is 14.8 Å². The molecule has 0 aliphatic carbocycles. The van der Waals surface area contributed by atoms with Gasteiger partial charge in [0.05, 0.1) is 13.0 Å². The summed E-state index contributed by atoms with van der Waals surface area (Å²) in [5, 5.41) is 2.82. The number of carbonyl (C=O) groups excluding carboxylic acids is 1. The van der Waals surface area contributed by atoms with Crippen LogP contribution in [0.15, 0.2) is 53.0 Å². The van der Waals surface area contributed by atoms with Gasteiger partial charge in [0.2, 0.25) is 5.91 Å². The Labute approximate surface area is 144 Å². The summed E-state index contributed by atoms with van der Waals surface area (Å²) in [6.45, 7) is 1.48. The number of hydrogen-bond acceptors (Lipinski definition) is 3. The molecule has 0 saturated carbocycles. The molecule has 122 valence electrons. The van der Waals surface area contributed by atoms with Gasteiger partial charge >= 0.3 is 0 Å². The summed E-state index contributed by atoms with van der Waals surface area (Å²) in [6.07, 6.45) is 0.271. The molecule has 0 saturated heterocycles. The third-order valence-corrected chi connectivity index (χ3v) is 3.73. The summed E-state index contributed by atoms with van der Waals surface area (Å²) in [6, 6.07) is 15.6. The highest BCUT2D eigenvalue weighted by Gasteiger charge is 2.10. The zero-order chi connectivity index (χ0) is 16.5. The monoisotopic (exact) mass is 377 g/mol. The minimum Gasteiger partial charge on any atom is -0.489 e. The first-order valence-corrected chi connectivity index (χ1v) is 8.19. The molecule has 0 spiro atoms. The van der Waals surface area contributed by atoms with E-state index in [-0.39, 0.29) is 12.3 Å². The summed E-state index contributed by atoms with van der Waals surface area (Å²) in [7, 11) is 1.61. The lowest BCUT2D eigenvalue weighted by Gasteiger charge is -2.12. The third kappa shape index (κ3) is 6.04. The lowest BCUT2D eigenvalue weighted by Crippen LogP contribution is -2.28. The lowest BCUT2D eigenvalue weighted by atomic mass is 10.1. The Morgan fingerprint density at radius 3 is 2.70 bits per heavy atom. The smallest absolute Gasteiger partial charge is 0.224 e. The Morgan fingerprint density at radius 2 is 1.96 bits per heavy atom. The minimum absolute atomic E-state index is 0.0512. The molecule has 0 aliphatic heterocycles. The van der Waals surface area contributed by atoms with Crippen LogP contribution in [-0.2, 0) is 22.6 Å². The number of nitrogens with one attached hydrogen (secondary N) is 1. The van der Waals surface area contributed by atoms with E-state index >= 15 is 0 Å². The lowest BCUT2D eigenvalue weighted by molar-refractivity contribution is -0.120. The molecule has 0 heterocycles. The van der Waals surface area contributed by atoms with Crippen LogP contribution < -0.4 is 10.1 Å². The van der Waals surface area contributed by atoms with Crippen LogP contribution >= 0.6 is 15.9 Å². The average Bonchev–Trinajstić information content (AvgIpc) is 2.55. The molecule has 5 heteroatoms. The fourth-order valence-corrected chi connectivity index (χ4v) is 2.50. The van der Waals surface area contributed by atoms with Crippen molar-refractivity contribution in [3.63, 3.8) is 0 Å². The van der Waals surface area contributed by atoms with Gasteiger partial charge in [0.15, 0.2) is 0 Å². The maximum Gasteiger partial charge on any atom is 0.224 e. The van der Waals surface area contributed by atoms with Crippen LogP contribution in [0.3, 0.4) is 0 Å². The number of benzene rings is 2. The summed E-state index contributed by atoms with van der Waals surface area (Å²) in [5.74, 6) is 0.670. The second kappa shape index (κ2) is 9.33. The molecular formula is C18H20BrNO3. The van der Waals surface area contributed by atoms with Crippen molar-refractivity contribution in [2.75, 3.05) is 20.3 Å². The van der Waals surface area contributed by atoms with E-state index in [1.807, 2.05) is 48.5 Å². The van der Waals surface area contributed by atoms with E-state index in [0.717, 1.165) is 21.3 Å². The largest absolute Gasteiger partial charge is 0.489 e. The Bertz CT molecular complexity index is 631. The summed E-state index contributed by atoms with van der Waals surface area (Å²) in [4.78, 5) is 12.0.